The van der Waals surface area contributed by atoms with Crippen LogP contribution in [0.4, 0.5) is 4.79 Å². The summed E-state index contributed by atoms with van der Waals surface area (Å²) in [6.45, 7) is 6.75. The lowest BCUT2D eigenvalue weighted by molar-refractivity contribution is 0.0856. The number of para-hydroxylation sites is 1. The van der Waals surface area contributed by atoms with E-state index >= 15 is 0 Å². The van der Waals surface area contributed by atoms with Crippen LogP contribution in [0.2, 0.25) is 0 Å². The Labute approximate surface area is 194 Å². The third-order valence-electron chi connectivity index (χ3n) is 6.74. The number of aromatic nitrogens is 3. The molecule has 33 heavy (non-hydrogen) atoms. The number of pyridine rings is 1. The molecule has 2 aliphatic heterocycles. The normalized spacial score (nSPS) is 17.7. The average Bonchev–Trinajstić information content (AvgIpc) is 3.38. The minimum Gasteiger partial charge on any atom is -0.381 e. The van der Waals surface area contributed by atoms with Crippen LogP contribution in [-0.2, 0) is 17.8 Å². The molecule has 7 heteroatoms. The zero-order chi connectivity index (χ0) is 22.8. The predicted molar refractivity (Wildman–Crippen MR) is 130 cm³/mol. The van der Waals surface area contributed by atoms with Crippen molar-refractivity contribution in [2.75, 3.05) is 33.4 Å². The second kappa shape index (κ2) is 9.35. The zero-order valence-electron chi connectivity index (χ0n) is 19.4. The lowest BCUT2D eigenvalue weighted by Gasteiger charge is -2.22. The molecule has 0 aliphatic carbocycles. The molecule has 5 rings (SSSR count). The van der Waals surface area contributed by atoms with E-state index in [1.807, 2.05) is 24.2 Å². The van der Waals surface area contributed by atoms with E-state index in [2.05, 4.69) is 52.9 Å². The number of hydrogen-bond donors (Lipinski definition) is 0. The maximum atomic E-state index is 12.1. The average molecular weight is 446 g/mol. The number of likely N-dealkylation sites (N-methyl/N-ethyl adjacent to an activating group) is 1. The van der Waals surface area contributed by atoms with E-state index in [0.717, 1.165) is 68.3 Å². The molecule has 4 heterocycles. The third kappa shape index (κ3) is 4.37. The van der Waals surface area contributed by atoms with Crippen molar-refractivity contribution in [3.63, 3.8) is 0 Å². The number of carbonyl (C=O) groups excluding carboxylic acids is 1. The highest BCUT2D eigenvalue weighted by molar-refractivity contribution is 5.83. The van der Waals surface area contributed by atoms with Crippen LogP contribution < -0.4 is 0 Å². The number of imidazole rings is 1. The van der Waals surface area contributed by atoms with E-state index in [1.165, 1.54) is 11.1 Å². The molecule has 2 fully saturated rings. The van der Waals surface area contributed by atoms with Crippen LogP contribution in [0.15, 0.2) is 36.5 Å². The number of carbonyl (C=O) groups is 1. The highest BCUT2D eigenvalue weighted by Crippen LogP contribution is 2.32. The second-order valence-corrected chi connectivity index (χ2v) is 8.86. The van der Waals surface area contributed by atoms with Gasteiger partial charge in [-0.05, 0) is 61.1 Å². The van der Waals surface area contributed by atoms with Gasteiger partial charge in [0.05, 0.1) is 23.3 Å². The summed E-state index contributed by atoms with van der Waals surface area (Å²) in [5.74, 6) is 1.47. The summed E-state index contributed by atoms with van der Waals surface area (Å²) in [7, 11) is 1.83. The predicted octanol–water partition coefficient (Wildman–Crippen LogP) is 4.38. The largest absolute Gasteiger partial charge is 0.381 e. The summed E-state index contributed by atoms with van der Waals surface area (Å²) in [4.78, 5) is 25.3. The lowest BCUT2D eigenvalue weighted by atomic mass is 9.91. The topological polar surface area (TPSA) is 63.5 Å². The Morgan fingerprint density at radius 1 is 1.12 bits per heavy atom. The first kappa shape index (κ1) is 21.6. The molecule has 0 bridgehead atoms. The molecule has 0 unspecified atom stereocenters. The van der Waals surface area contributed by atoms with Crippen LogP contribution in [-0.4, -0.2) is 63.7 Å². The van der Waals surface area contributed by atoms with E-state index < -0.39 is 0 Å². The van der Waals surface area contributed by atoms with Gasteiger partial charge in [0.15, 0.2) is 0 Å². The van der Waals surface area contributed by atoms with Gasteiger partial charge in [-0.1, -0.05) is 18.2 Å². The molecule has 0 radical (unpaired) electrons. The number of fused-ring (bicyclic) bond motifs is 1. The van der Waals surface area contributed by atoms with Gasteiger partial charge >= 0.3 is 6.03 Å². The Morgan fingerprint density at radius 3 is 2.67 bits per heavy atom. The van der Waals surface area contributed by atoms with Gasteiger partial charge in [-0.15, -0.1) is 0 Å². The fraction of sp³-hybridized carbons (Fsp3) is 0.423. The Bertz CT molecular complexity index is 1160. The molecule has 2 aromatic heterocycles. The van der Waals surface area contributed by atoms with Crippen LogP contribution in [0.5, 0.6) is 0 Å². The van der Waals surface area contributed by atoms with Crippen molar-refractivity contribution in [1.29, 1.82) is 0 Å². The standard InChI is InChI=1S/C26H31N5O2/c1-3-31-23-6-4-5-22(20-11-15-33-16-12-20)25(23)28-24(31)10-8-19-7-9-21(27-17-19)18-30-14-13-29(2)26(30)32/h4-10,17,20H,3,11-16,18H2,1-2H3/b10-8+. The third-order valence-corrected chi connectivity index (χ3v) is 6.74. The number of aryl methyl sites for hydroxylation is 1. The summed E-state index contributed by atoms with van der Waals surface area (Å²) >= 11 is 0. The summed E-state index contributed by atoms with van der Waals surface area (Å²) in [6, 6.07) is 10.7. The van der Waals surface area contributed by atoms with Gasteiger partial charge in [0.25, 0.3) is 0 Å². The van der Waals surface area contributed by atoms with E-state index in [-0.39, 0.29) is 6.03 Å². The van der Waals surface area contributed by atoms with Gasteiger partial charge < -0.3 is 19.1 Å². The monoisotopic (exact) mass is 445 g/mol. The second-order valence-electron chi connectivity index (χ2n) is 8.86. The van der Waals surface area contributed by atoms with Crippen molar-refractivity contribution in [2.45, 2.75) is 38.8 Å². The van der Waals surface area contributed by atoms with E-state index in [0.29, 0.717) is 12.5 Å². The van der Waals surface area contributed by atoms with Gasteiger partial charge in [0.1, 0.15) is 5.82 Å². The minimum absolute atomic E-state index is 0.0689. The number of amides is 2. The number of nitrogens with zero attached hydrogens (tertiary/aromatic N) is 5. The van der Waals surface area contributed by atoms with Crippen LogP contribution in [0.25, 0.3) is 23.2 Å². The molecule has 3 aromatic rings. The first-order valence-electron chi connectivity index (χ1n) is 11.8. The van der Waals surface area contributed by atoms with E-state index in [4.69, 9.17) is 9.72 Å². The number of hydrogen-bond acceptors (Lipinski definition) is 4. The van der Waals surface area contributed by atoms with Gasteiger partial charge in [-0.2, -0.15) is 0 Å². The number of benzene rings is 1. The van der Waals surface area contributed by atoms with Crippen LogP contribution in [0, 0.1) is 0 Å². The maximum absolute atomic E-state index is 12.1. The summed E-state index contributed by atoms with van der Waals surface area (Å²) < 4.78 is 7.83. The van der Waals surface area contributed by atoms with E-state index in [1.54, 1.807) is 4.90 Å². The van der Waals surface area contributed by atoms with E-state index in [9.17, 15) is 4.79 Å². The molecule has 2 amide bonds. The molecular weight excluding hydrogens is 414 g/mol. The molecule has 2 aliphatic rings. The lowest BCUT2D eigenvalue weighted by Crippen LogP contribution is -2.29. The fourth-order valence-electron chi connectivity index (χ4n) is 4.83. The van der Waals surface area contributed by atoms with Gasteiger partial charge in [0, 0.05) is 46.1 Å². The molecule has 172 valence electrons. The van der Waals surface area contributed by atoms with Gasteiger partial charge in [0.2, 0.25) is 0 Å². The summed E-state index contributed by atoms with van der Waals surface area (Å²) in [5, 5.41) is 0. The van der Waals surface area contributed by atoms with Crippen molar-refractivity contribution in [3.05, 3.63) is 59.2 Å². The molecule has 7 nitrogen and oxygen atoms in total. The zero-order valence-corrected chi connectivity index (χ0v) is 19.4. The smallest absolute Gasteiger partial charge is 0.320 e. The van der Waals surface area contributed by atoms with Gasteiger partial charge in [-0.25, -0.2) is 9.78 Å². The van der Waals surface area contributed by atoms with Gasteiger partial charge in [-0.3, -0.25) is 4.98 Å². The number of ether oxygens (including phenoxy) is 1. The summed E-state index contributed by atoms with van der Waals surface area (Å²) in [6.07, 6.45) is 8.11. The fourth-order valence-corrected chi connectivity index (χ4v) is 4.83. The Hall–Kier alpha value is -3.19. The maximum Gasteiger partial charge on any atom is 0.320 e. The first-order valence-corrected chi connectivity index (χ1v) is 11.8. The number of urea groups is 1. The summed E-state index contributed by atoms with van der Waals surface area (Å²) in [5.41, 5.74) is 5.56. The minimum atomic E-state index is 0.0689. The first-order chi connectivity index (χ1) is 16.1. The molecular formula is C26H31N5O2. The van der Waals surface area contributed by atoms with Crippen molar-refractivity contribution < 1.29 is 9.53 Å². The van der Waals surface area contributed by atoms with Crippen molar-refractivity contribution >= 4 is 29.2 Å². The van der Waals surface area contributed by atoms with Crippen LogP contribution >= 0.6 is 0 Å². The quantitative estimate of drug-likeness (QED) is 0.565. The Kier molecular flexibility index (Phi) is 6.13. The molecule has 2 saturated heterocycles. The highest BCUT2D eigenvalue weighted by atomic mass is 16.5. The SMILES string of the molecule is CCn1c(/C=C/c2ccc(CN3CCN(C)C3=O)nc2)nc2c(C3CCOCC3)cccc21. The van der Waals surface area contributed by atoms with Crippen LogP contribution in [0.3, 0.4) is 0 Å². The molecule has 0 atom stereocenters. The Morgan fingerprint density at radius 2 is 1.97 bits per heavy atom. The molecule has 0 spiro atoms. The highest BCUT2D eigenvalue weighted by Gasteiger charge is 2.25. The van der Waals surface area contributed by atoms with Crippen molar-refractivity contribution in [3.8, 4) is 0 Å². The van der Waals surface area contributed by atoms with Crippen molar-refractivity contribution in [1.82, 2.24) is 24.3 Å². The Balaban J connectivity index is 1.36. The number of rotatable bonds is 6. The molecule has 0 saturated carbocycles. The van der Waals surface area contributed by atoms with Crippen LogP contribution in [0.1, 0.15) is 48.3 Å². The molecule has 1 aromatic carbocycles. The molecule has 0 N–H and O–H groups in total. The van der Waals surface area contributed by atoms with Crippen molar-refractivity contribution in [2.24, 2.45) is 0 Å².